The van der Waals surface area contributed by atoms with Gasteiger partial charge in [-0.05, 0) is 24.5 Å². The highest BCUT2D eigenvalue weighted by molar-refractivity contribution is 5.41. The van der Waals surface area contributed by atoms with E-state index in [9.17, 15) is 0 Å². The smallest absolute Gasteiger partial charge is 0.128 e. The lowest BCUT2D eigenvalue weighted by Crippen LogP contribution is -2.45. The van der Waals surface area contributed by atoms with Crippen LogP contribution in [0.2, 0.25) is 0 Å². The molecule has 0 unspecified atom stereocenters. The van der Waals surface area contributed by atoms with Crippen molar-refractivity contribution in [2.75, 3.05) is 18.0 Å². The number of aromatic nitrogens is 1. The zero-order valence-electron chi connectivity index (χ0n) is 7.62. The number of nitrogens with zero attached hydrogens (tertiary/aromatic N) is 2. The molecule has 12 heavy (non-hydrogen) atoms. The molecule has 1 aliphatic rings. The maximum Gasteiger partial charge on any atom is 0.128 e. The summed E-state index contributed by atoms with van der Waals surface area (Å²) in [6, 6.07) is 4.21. The Kier molecular flexibility index (Phi) is 1.75. The molecule has 1 aromatic heterocycles. The van der Waals surface area contributed by atoms with Gasteiger partial charge in [-0.1, -0.05) is 13.0 Å². The molecule has 0 radical (unpaired) electrons. The molecule has 1 fully saturated rings. The molecule has 0 N–H and O–H groups in total. The molecule has 0 amide bonds. The Balaban J connectivity index is 2.09. The Labute approximate surface area is 73.2 Å². The van der Waals surface area contributed by atoms with Crippen LogP contribution in [0, 0.1) is 12.8 Å². The van der Waals surface area contributed by atoms with Gasteiger partial charge in [0.25, 0.3) is 0 Å². The summed E-state index contributed by atoms with van der Waals surface area (Å²) in [4.78, 5) is 6.67. The third kappa shape index (κ3) is 1.29. The van der Waals surface area contributed by atoms with E-state index in [2.05, 4.69) is 35.9 Å². The lowest BCUT2D eigenvalue weighted by molar-refractivity contribution is 0.443. The maximum absolute atomic E-state index is 4.36. The van der Waals surface area contributed by atoms with Crippen molar-refractivity contribution < 1.29 is 0 Å². The number of hydrogen-bond acceptors (Lipinski definition) is 2. The molecular formula is C10H14N2. The van der Waals surface area contributed by atoms with Crippen molar-refractivity contribution in [2.24, 2.45) is 5.92 Å². The molecule has 0 saturated carbocycles. The number of aryl methyl sites for hydroxylation is 1. The van der Waals surface area contributed by atoms with Gasteiger partial charge in [0, 0.05) is 19.3 Å². The number of anilines is 1. The van der Waals surface area contributed by atoms with Gasteiger partial charge in [0.15, 0.2) is 0 Å². The van der Waals surface area contributed by atoms with Crippen LogP contribution < -0.4 is 4.90 Å². The van der Waals surface area contributed by atoms with Gasteiger partial charge in [0.05, 0.1) is 0 Å². The quantitative estimate of drug-likeness (QED) is 0.626. The zero-order chi connectivity index (χ0) is 8.55. The molecule has 0 atom stereocenters. The van der Waals surface area contributed by atoms with Crippen LogP contribution in [-0.2, 0) is 0 Å². The van der Waals surface area contributed by atoms with E-state index in [0.29, 0.717) is 0 Å². The summed E-state index contributed by atoms with van der Waals surface area (Å²) < 4.78 is 0. The predicted molar refractivity (Wildman–Crippen MR) is 50.4 cm³/mol. The van der Waals surface area contributed by atoms with Crippen molar-refractivity contribution in [3.8, 4) is 0 Å². The second-order valence-corrected chi connectivity index (χ2v) is 3.70. The number of hydrogen-bond donors (Lipinski definition) is 0. The number of pyridine rings is 1. The van der Waals surface area contributed by atoms with E-state index in [1.54, 1.807) is 0 Å². The lowest BCUT2D eigenvalue weighted by Gasteiger charge is -2.38. The van der Waals surface area contributed by atoms with Gasteiger partial charge in [-0.15, -0.1) is 0 Å². The topological polar surface area (TPSA) is 16.1 Å². The molecule has 0 bridgehead atoms. The van der Waals surface area contributed by atoms with E-state index in [-0.39, 0.29) is 0 Å². The average molecular weight is 162 g/mol. The van der Waals surface area contributed by atoms with Crippen LogP contribution in [-0.4, -0.2) is 18.1 Å². The summed E-state index contributed by atoms with van der Waals surface area (Å²) in [6.45, 7) is 6.66. The Hall–Kier alpha value is -1.05. The first-order valence-corrected chi connectivity index (χ1v) is 4.43. The van der Waals surface area contributed by atoms with Gasteiger partial charge in [0.2, 0.25) is 0 Å². The average Bonchev–Trinajstić information content (AvgIpc) is 2.01. The summed E-state index contributed by atoms with van der Waals surface area (Å²) in [7, 11) is 0. The first-order valence-electron chi connectivity index (χ1n) is 4.43. The summed E-state index contributed by atoms with van der Waals surface area (Å²) in [5, 5.41) is 0. The first-order chi connectivity index (χ1) is 5.75. The molecule has 1 saturated heterocycles. The molecule has 2 heterocycles. The lowest BCUT2D eigenvalue weighted by atomic mass is 10.0. The van der Waals surface area contributed by atoms with Crippen molar-refractivity contribution in [1.82, 2.24) is 4.98 Å². The Bertz CT molecular complexity index is 260. The third-order valence-electron chi connectivity index (χ3n) is 2.28. The summed E-state index contributed by atoms with van der Waals surface area (Å²) in [5.74, 6) is 1.96. The van der Waals surface area contributed by atoms with Gasteiger partial charge in [-0.2, -0.15) is 0 Å². The van der Waals surface area contributed by atoms with E-state index in [0.717, 1.165) is 24.8 Å². The van der Waals surface area contributed by atoms with Gasteiger partial charge in [-0.25, -0.2) is 4.98 Å². The molecule has 2 heteroatoms. The number of rotatable bonds is 1. The van der Waals surface area contributed by atoms with E-state index in [1.807, 2.05) is 6.20 Å². The molecule has 0 aromatic carbocycles. The van der Waals surface area contributed by atoms with Crippen molar-refractivity contribution in [3.63, 3.8) is 0 Å². The summed E-state index contributed by atoms with van der Waals surface area (Å²) >= 11 is 0. The summed E-state index contributed by atoms with van der Waals surface area (Å²) in [5.41, 5.74) is 1.23. The second-order valence-electron chi connectivity index (χ2n) is 3.70. The van der Waals surface area contributed by atoms with Crippen LogP contribution in [0.5, 0.6) is 0 Å². The molecule has 1 aliphatic heterocycles. The van der Waals surface area contributed by atoms with Crippen LogP contribution in [0.4, 0.5) is 5.82 Å². The fraction of sp³-hybridized carbons (Fsp3) is 0.500. The highest BCUT2D eigenvalue weighted by Crippen LogP contribution is 2.21. The largest absolute Gasteiger partial charge is 0.356 e. The molecule has 1 aromatic rings. The van der Waals surface area contributed by atoms with Crippen molar-refractivity contribution in [1.29, 1.82) is 0 Å². The monoisotopic (exact) mass is 162 g/mol. The maximum atomic E-state index is 4.36. The van der Waals surface area contributed by atoms with Gasteiger partial charge in [-0.3, -0.25) is 0 Å². The Morgan fingerprint density at radius 2 is 2.17 bits per heavy atom. The van der Waals surface area contributed by atoms with Gasteiger partial charge in [0.1, 0.15) is 5.82 Å². The highest BCUT2D eigenvalue weighted by atomic mass is 15.2. The van der Waals surface area contributed by atoms with Gasteiger partial charge < -0.3 is 4.90 Å². The molecule has 0 spiro atoms. The second kappa shape index (κ2) is 2.77. The first kappa shape index (κ1) is 7.59. The molecule has 64 valence electrons. The minimum Gasteiger partial charge on any atom is -0.356 e. The standard InChI is InChI=1S/C10H14N2/c1-8-3-4-10(11-5-8)12-6-9(2)7-12/h3-5,9H,6-7H2,1-2H3. The van der Waals surface area contributed by atoms with E-state index >= 15 is 0 Å². The predicted octanol–water partition coefficient (Wildman–Crippen LogP) is 1.85. The minimum atomic E-state index is 0.841. The normalized spacial score (nSPS) is 17.7. The fourth-order valence-electron chi connectivity index (χ4n) is 1.53. The van der Waals surface area contributed by atoms with Crippen LogP contribution >= 0.6 is 0 Å². The Morgan fingerprint density at radius 3 is 2.67 bits per heavy atom. The highest BCUT2D eigenvalue weighted by Gasteiger charge is 2.22. The molecular weight excluding hydrogens is 148 g/mol. The third-order valence-corrected chi connectivity index (χ3v) is 2.28. The Morgan fingerprint density at radius 1 is 1.42 bits per heavy atom. The fourth-order valence-corrected chi connectivity index (χ4v) is 1.53. The minimum absolute atomic E-state index is 0.841. The van der Waals surface area contributed by atoms with E-state index in [1.165, 1.54) is 5.56 Å². The van der Waals surface area contributed by atoms with Crippen LogP contribution in [0.25, 0.3) is 0 Å². The van der Waals surface area contributed by atoms with E-state index in [4.69, 9.17) is 0 Å². The van der Waals surface area contributed by atoms with Crippen LogP contribution in [0.1, 0.15) is 12.5 Å². The van der Waals surface area contributed by atoms with Crippen LogP contribution in [0.15, 0.2) is 18.3 Å². The SMILES string of the molecule is Cc1ccc(N2CC(C)C2)nc1. The van der Waals surface area contributed by atoms with E-state index < -0.39 is 0 Å². The molecule has 2 rings (SSSR count). The van der Waals surface area contributed by atoms with Crippen LogP contribution in [0.3, 0.4) is 0 Å². The van der Waals surface area contributed by atoms with Gasteiger partial charge >= 0.3 is 0 Å². The van der Waals surface area contributed by atoms with Crippen molar-refractivity contribution in [2.45, 2.75) is 13.8 Å². The molecule has 2 nitrogen and oxygen atoms in total. The van der Waals surface area contributed by atoms with Crippen molar-refractivity contribution >= 4 is 5.82 Å². The van der Waals surface area contributed by atoms with Crippen molar-refractivity contribution in [3.05, 3.63) is 23.9 Å². The zero-order valence-corrected chi connectivity index (χ0v) is 7.62. The molecule has 0 aliphatic carbocycles. The summed E-state index contributed by atoms with van der Waals surface area (Å²) in [6.07, 6.45) is 1.93.